The van der Waals surface area contributed by atoms with Gasteiger partial charge in [-0.3, -0.25) is 9.78 Å². The van der Waals surface area contributed by atoms with Crippen LogP contribution in [0.2, 0.25) is 0 Å². The van der Waals surface area contributed by atoms with Crippen molar-refractivity contribution in [2.24, 2.45) is 5.73 Å². The molecule has 2 heterocycles. The van der Waals surface area contributed by atoms with Gasteiger partial charge in [-0.05, 0) is 30.9 Å². The summed E-state index contributed by atoms with van der Waals surface area (Å²) in [5, 5.41) is 0. The molecule has 1 amide bonds. The lowest BCUT2D eigenvalue weighted by atomic mass is 10.1. The number of nitrogens with zero attached hydrogens (tertiary/aromatic N) is 2. The molecule has 1 saturated heterocycles. The number of carbonyl (C=O) groups is 1. The number of carbonyl (C=O) groups excluding carboxylic acids is 1. The van der Waals surface area contributed by atoms with Crippen LogP contribution in [-0.4, -0.2) is 28.4 Å². The minimum atomic E-state index is -0.354. The first kappa shape index (κ1) is 13.0. The number of rotatable bonds is 4. The molecule has 1 unspecified atom stereocenters. The Kier molecular flexibility index (Phi) is 4.31. The largest absolute Gasteiger partial charge is 0.334 e. The van der Waals surface area contributed by atoms with Gasteiger partial charge in [0.2, 0.25) is 5.91 Å². The molecule has 0 radical (unpaired) electrons. The van der Waals surface area contributed by atoms with E-state index in [-0.39, 0.29) is 18.0 Å². The lowest BCUT2D eigenvalue weighted by Gasteiger charge is -2.27. The van der Waals surface area contributed by atoms with Crippen molar-refractivity contribution in [3.63, 3.8) is 0 Å². The molecule has 4 heteroatoms. The smallest absolute Gasteiger partial charge is 0.239 e. The Morgan fingerprint density at radius 2 is 2.50 bits per heavy atom. The lowest BCUT2D eigenvalue weighted by Crippen LogP contribution is -2.43. The summed E-state index contributed by atoms with van der Waals surface area (Å²) in [5.74, 6) is 0.0863. The summed E-state index contributed by atoms with van der Waals surface area (Å²) in [5.41, 5.74) is 7.06. The summed E-state index contributed by atoms with van der Waals surface area (Å²) in [6, 6.07) is 3.76. The van der Waals surface area contributed by atoms with Gasteiger partial charge in [0.1, 0.15) is 0 Å². The van der Waals surface area contributed by atoms with E-state index in [0.29, 0.717) is 0 Å². The molecule has 1 aliphatic rings. The maximum Gasteiger partial charge on any atom is 0.239 e. The van der Waals surface area contributed by atoms with Crippen molar-refractivity contribution in [3.05, 3.63) is 30.1 Å². The highest BCUT2D eigenvalue weighted by molar-refractivity contribution is 5.82. The Morgan fingerprint density at radius 1 is 1.67 bits per heavy atom. The van der Waals surface area contributed by atoms with Crippen molar-refractivity contribution in [2.45, 2.75) is 44.7 Å². The summed E-state index contributed by atoms with van der Waals surface area (Å²) in [4.78, 5) is 18.4. The van der Waals surface area contributed by atoms with E-state index in [9.17, 15) is 4.79 Å². The van der Waals surface area contributed by atoms with Crippen LogP contribution in [0.3, 0.4) is 0 Å². The summed E-state index contributed by atoms with van der Waals surface area (Å²) in [7, 11) is 0. The Hall–Kier alpha value is -1.42. The van der Waals surface area contributed by atoms with Gasteiger partial charge in [0.15, 0.2) is 0 Å². The van der Waals surface area contributed by atoms with Crippen molar-refractivity contribution in [1.82, 2.24) is 9.88 Å². The van der Waals surface area contributed by atoms with Gasteiger partial charge in [-0.2, -0.15) is 0 Å². The van der Waals surface area contributed by atoms with Crippen molar-refractivity contribution < 1.29 is 4.79 Å². The van der Waals surface area contributed by atoms with Gasteiger partial charge in [0.05, 0.1) is 12.1 Å². The molecule has 1 aliphatic heterocycles. The Labute approximate surface area is 108 Å². The Balaban J connectivity index is 2.10. The maximum atomic E-state index is 12.3. The van der Waals surface area contributed by atoms with E-state index in [0.717, 1.165) is 37.8 Å². The maximum absolute atomic E-state index is 12.3. The first-order valence-corrected chi connectivity index (χ1v) is 6.70. The van der Waals surface area contributed by atoms with Gasteiger partial charge in [-0.25, -0.2) is 0 Å². The van der Waals surface area contributed by atoms with Gasteiger partial charge in [-0.15, -0.1) is 0 Å². The Bertz CT molecular complexity index is 393. The third-order valence-electron chi connectivity index (χ3n) is 3.52. The molecule has 1 fully saturated rings. The van der Waals surface area contributed by atoms with Gasteiger partial charge in [0.25, 0.3) is 0 Å². The van der Waals surface area contributed by atoms with Crippen LogP contribution in [0.5, 0.6) is 0 Å². The molecule has 1 aromatic rings. The number of pyridine rings is 1. The molecule has 2 N–H and O–H groups in total. The lowest BCUT2D eigenvalue weighted by molar-refractivity contribution is -0.133. The van der Waals surface area contributed by atoms with E-state index in [1.165, 1.54) is 0 Å². The molecule has 98 valence electrons. The van der Waals surface area contributed by atoms with E-state index in [1.807, 2.05) is 23.2 Å². The number of amides is 1. The second kappa shape index (κ2) is 5.96. The van der Waals surface area contributed by atoms with E-state index < -0.39 is 0 Å². The second-order valence-corrected chi connectivity index (χ2v) is 4.87. The monoisotopic (exact) mass is 247 g/mol. The number of likely N-dealkylation sites (tertiary alicyclic amines) is 1. The average molecular weight is 247 g/mol. The van der Waals surface area contributed by atoms with Crippen LogP contribution < -0.4 is 5.73 Å². The first-order valence-electron chi connectivity index (χ1n) is 6.70. The van der Waals surface area contributed by atoms with Crippen LogP contribution in [0.4, 0.5) is 0 Å². The summed E-state index contributed by atoms with van der Waals surface area (Å²) in [6.45, 7) is 2.87. The van der Waals surface area contributed by atoms with Crippen LogP contribution in [0, 0.1) is 0 Å². The molecule has 0 saturated carbocycles. The Morgan fingerprint density at radius 3 is 3.17 bits per heavy atom. The summed E-state index contributed by atoms with van der Waals surface area (Å²) in [6.07, 6.45) is 7.36. The minimum Gasteiger partial charge on any atom is -0.334 e. The number of nitrogens with two attached hydrogens (primary N) is 1. The van der Waals surface area contributed by atoms with Crippen LogP contribution in [0.25, 0.3) is 0 Å². The van der Waals surface area contributed by atoms with Gasteiger partial charge in [-0.1, -0.05) is 19.4 Å². The topological polar surface area (TPSA) is 59.2 Å². The fourth-order valence-corrected chi connectivity index (χ4v) is 2.60. The number of hydrogen-bond acceptors (Lipinski definition) is 3. The number of aromatic nitrogens is 1. The van der Waals surface area contributed by atoms with Crippen molar-refractivity contribution in [2.75, 3.05) is 6.54 Å². The van der Waals surface area contributed by atoms with Crippen molar-refractivity contribution in [3.8, 4) is 0 Å². The quantitative estimate of drug-likeness (QED) is 0.883. The highest BCUT2D eigenvalue weighted by Crippen LogP contribution is 2.31. The third kappa shape index (κ3) is 2.70. The molecular formula is C14H21N3O. The van der Waals surface area contributed by atoms with Crippen LogP contribution in [-0.2, 0) is 4.79 Å². The molecule has 4 nitrogen and oxygen atoms in total. The second-order valence-electron chi connectivity index (χ2n) is 4.87. The van der Waals surface area contributed by atoms with Crippen LogP contribution >= 0.6 is 0 Å². The summed E-state index contributed by atoms with van der Waals surface area (Å²) < 4.78 is 0. The highest BCUT2D eigenvalue weighted by Gasteiger charge is 2.32. The van der Waals surface area contributed by atoms with Crippen molar-refractivity contribution in [1.29, 1.82) is 0 Å². The van der Waals surface area contributed by atoms with Gasteiger partial charge in [0, 0.05) is 18.9 Å². The molecule has 2 rings (SSSR count). The SMILES string of the molecule is CCC[C@H](N)C(=O)N1CCCC1c1cccnc1. The van der Waals surface area contributed by atoms with Crippen molar-refractivity contribution >= 4 is 5.91 Å². The zero-order valence-electron chi connectivity index (χ0n) is 10.9. The summed E-state index contributed by atoms with van der Waals surface area (Å²) >= 11 is 0. The normalized spacial score (nSPS) is 21.0. The fourth-order valence-electron chi connectivity index (χ4n) is 2.60. The van der Waals surface area contributed by atoms with Gasteiger partial charge >= 0.3 is 0 Å². The zero-order chi connectivity index (χ0) is 13.0. The molecule has 2 atom stereocenters. The fraction of sp³-hybridized carbons (Fsp3) is 0.571. The molecular weight excluding hydrogens is 226 g/mol. The van der Waals surface area contributed by atoms with Crippen LogP contribution in [0.1, 0.15) is 44.2 Å². The van der Waals surface area contributed by atoms with E-state index in [2.05, 4.69) is 11.9 Å². The molecule has 1 aromatic heterocycles. The van der Waals surface area contributed by atoms with E-state index in [4.69, 9.17) is 5.73 Å². The molecule has 0 aromatic carbocycles. The van der Waals surface area contributed by atoms with Gasteiger partial charge < -0.3 is 10.6 Å². The molecule has 0 aliphatic carbocycles. The standard InChI is InChI=1S/C14H21N3O/c1-2-5-12(15)14(18)17-9-4-7-13(17)11-6-3-8-16-10-11/h3,6,8,10,12-13H,2,4-5,7,9,15H2,1H3/t12-,13?/m0/s1. The van der Waals surface area contributed by atoms with E-state index in [1.54, 1.807) is 6.20 Å². The molecule has 0 spiro atoms. The van der Waals surface area contributed by atoms with Crippen LogP contribution in [0.15, 0.2) is 24.5 Å². The number of hydrogen-bond donors (Lipinski definition) is 1. The molecule has 0 bridgehead atoms. The third-order valence-corrected chi connectivity index (χ3v) is 3.52. The first-order chi connectivity index (χ1) is 8.74. The minimum absolute atomic E-state index is 0.0863. The molecule has 18 heavy (non-hydrogen) atoms. The zero-order valence-corrected chi connectivity index (χ0v) is 10.9. The predicted molar refractivity (Wildman–Crippen MR) is 70.8 cm³/mol. The van der Waals surface area contributed by atoms with E-state index >= 15 is 0 Å². The predicted octanol–water partition coefficient (Wildman–Crippen LogP) is 1.87. The average Bonchev–Trinajstić information content (AvgIpc) is 2.88. The highest BCUT2D eigenvalue weighted by atomic mass is 16.2.